The first-order chi connectivity index (χ1) is 22.0. The Morgan fingerprint density at radius 1 is 0.826 bits per heavy atom. The van der Waals surface area contributed by atoms with Gasteiger partial charge >= 0.3 is 13.2 Å². The molecule has 1 N–H and O–H groups in total. The average Bonchev–Trinajstić information content (AvgIpc) is 3.26. The second kappa shape index (κ2) is 13.8. The van der Waals surface area contributed by atoms with E-state index in [4.69, 9.17) is 20.8 Å². The molecule has 234 valence electrons. The molecule has 7 nitrogen and oxygen atoms in total. The van der Waals surface area contributed by atoms with E-state index in [-0.39, 0.29) is 24.8 Å². The minimum absolute atomic E-state index is 0.0654. The van der Waals surface area contributed by atoms with Crippen LogP contribution in [0.1, 0.15) is 33.6 Å². The third-order valence-electron chi connectivity index (χ3n) is 6.79. The van der Waals surface area contributed by atoms with Crippen LogP contribution in [-0.2, 0) is 4.79 Å². The molecule has 0 saturated heterocycles. The number of carbonyl (C=O) groups excluding carboxylic acids is 3. The first kappa shape index (κ1) is 32.2. The Balaban J connectivity index is 0.000000775. The standard InChI is InChI=1S/C33H23ClN2O5.BF4/c34-22-12-17-29-27(19-22)28(20-30(41-29)21-7-2-1-3-8-21)35-23-13-15-24(16-14-23)40-31(37)11-6-18-36-32(38)25-9-4-5-10-26(25)33(36)39;2-1(3,4)5/h1-5,7-10,12-17,19-20H,6,11,18H2;/q;-1/p+1. The number of carbonyl (C=O) groups is 3. The summed E-state index contributed by atoms with van der Waals surface area (Å²) in [6.45, 7) is 0.149. The smallest absolute Gasteiger partial charge is 0.456 e. The third-order valence-corrected chi connectivity index (χ3v) is 7.03. The highest BCUT2D eigenvalue weighted by Crippen LogP contribution is 2.24. The second-order valence-electron chi connectivity index (χ2n) is 10.1. The molecule has 0 saturated carbocycles. The van der Waals surface area contributed by atoms with Crippen molar-refractivity contribution in [3.8, 4) is 17.1 Å². The van der Waals surface area contributed by atoms with Crippen LogP contribution in [0.5, 0.6) is 5.75 Å². The SMILES string of the molecule is F[B-](F)(F)F.O=C(CCCN1C(=O)c2ccccc2C1=O)Oc1ccc([NH+]=c2cc(-c3ccccc3)oc3ccc(Cl)cc23)cc1. The van der Waals surface area contributed by atoms with Crippen LogP contribution < -0.4 is 15.1 Å². The van der Waals surface area contributed by atoms with Crippen LogP contribution in [0.4, 0.5) is 23.0 Å². The summed E-state index contributed by atoms with van der Waals surface area (Å²) in [5.74, 6) is -0.0165. The van der Waals surface area contributed by atoms with Gasteiger partial charge in [-0.15, -0.1) is 0 Å². The van der Waals surface area contributed by atoms with E-state index < -0.39 is 13.2 Å². The Hall–Kier alpha value is -5.23. The Labute approximate surface area is 264 Å². The molecule has 0 bridgehead atoms. The van der Waals surface area contributed by atoms with Crippen LogP contribution in [0.25, 0.3) is 22.3 Å². The van der Waals surface area contributed by atoms with Gasteiger partial charge in [-0.1, -0.05) is 54.1 Å². The summed E-state index contributed by atoms with van der Waals surface area (Å²) < 4.78 is 50.6. The number of amides is 2. The molecule has 0 fully saturated rings. The summed E-state index contributed by atoms with van der Waals surface area (Å²) in [4.78, 5) is 42.0. The number of ether oxygens (including phenoxy) is 1. The predicted octanol–water partition coefficient (Wildman–Crippen LogP) is 6.35. The molecule has 2 amide bonds. The molecule has 1 aromatic heterocycles. The van der Waals surface area contributed by atoms with Crippen LogP contribution in [-0.4, -0.2) is 36.5 Å². The normalized spacial score (nSPS) is 13.0. The second-order valence-corrected chi connectivity index (χ2v) is 10.5. The summed E-state index contributed by atoms with van der Waals surface area (Å²) in [5, 5.41) is 2.23. The molecule has 2 heterocycles. The summed E-state index contributed by atoms with van der Waals surface area (Å²) in [5.41, 5.74) is 3.20. The number of esters is 1. The molecule has 0 aliphatic carbocycles. The van der Waals surface area contributed by atoms with Gasteiger partial charge in [0.25, 0.3) is 11.8 Å². The largest absolute Gasteiger partial charge is 0.673 e. The highest BCUT2D eigenvalue weighted by molar-refractivity contribution is 6.50. The Bertz CT molecular complexity index is 1940. The van der Waals surface area contributed by atoms with E-state index in [1.807, 2.05) is 60.7 Å². The van der Waals surface area contributed by atoms with Crippen molar-refractivity contribution < 1.29 is 45.8 Å². The predicted molar refractivity (Wildman–Crippen MR) is 164 cm³/mol. The first-order valence-electron chi connectivity index (χ1n) is 14.0. The number of imide groups is 1. The minimum Gasteiger partial charge on any atom is -0.456 e. The molecule has 0 atom stereocenters. The molecule has 0 spiro atoms. The zero-order valence-corrected chi connectivity index (χ0v) is 24.6. The Morgan fingerprint density at radius 3 is 2.07 bits per heavy atom. The number of hydrogen-bond acceptors (Lipinski definition) is 5. The molecular formula is C33H24BClF4N2O5. The van der Waals surface area contributed by atoms with Crippen molar-refractivity contribution in [2.75, 3.05) is 6.54 Å². The lowest BCUT2D eigenvalue weighted by molar-refractivity contribution is -0.400. The highest BCUT2D eigenvalue weighted by Gasteiger charge is 2.34. The van der Waals surface area contributed by atoms with E-state index in [0.29, 0.717) is 39.7 Å². The average molecular weight is 651 g/mol. The van der Waals surface area contributed by atoms with Gasteiger partial charge in [-0.2, -0.15) is 0 Å². The highest BCUT2D eigenvalue weighted by atomic mass is 35.5. The molecule has 5 aromatic rings. The van der Waals surface area contributed by atoms with Crippen molar-refractivity contribution >= 4 is 53.3 Å². The van der Waals surface area contributed by atoms with Crippen LogP contribution in [0, 0.1) is 0 Å². The molecule has 1 aliphatic heterocycles. The maximum absolute atomic E-state index is 12.5. The number of fused-ring (bicyclic) bond motifs is 2. The summed E-state index contributed by atoms with van der Waals surface area (Å²) in [7, 11) is -6.00. The number of hydrogen-bond donors (Lipinski definition) is 1. The maximum Gasteiger partial charge on any atom is 0.673 e. The quantitative estimate of drug-likeness (QED) is 0.0730. The van der Waals surface area contributed by atoms with Gasteiger partial charge in [0, 0.05) is 35.7 Å². The lowest BCUT2D eigenvalue weighted by Gasteiger charge is -2.13. The van der Waals surface area contributed by atoms with E-state index >= 15 is 0 Å². The van der Waals surface area contributed by atoms with Crippen molar-refractivity contribution in [3.05, 3.63) is 125 Å². The van der Waals surface area contributed by atoms with Gasteiger partial charge in [0.2, 0.25) is 11.0 Å². The Morgan fingerprint density at radius 2 is 1.43 bits per heavy atom. The maximum atomic E-state index is 12.5. The van der Waals surface area contributed by atoms with Crippen molar-refractivity contribution in [2.24, 2.45) is 0 Å². The van der Waals surface area contributed by atoms with Gasteiger partial charge in [-0.05, 0) is 48.9 Å². The molecule has 13 heteroatoms. The number of nitrogens with zero attached hydrogens (tertiary/aromatic N) is 1. The molecule has 4 aromatic carbocycles. The zero-order valence-electron chi connectivity index (χ0n) is 23.9. The zero-order chi connectivity index (χ0) is 32.8. The van der Waals surface area contributed by atoms with Crippen molar-refractivity contribution in [3.63, 3.8) is 0 Å². The van der Waals surface area contributed by atoms with Crippen LogP contribution in [0.15, 0.2) is 108 Å². The molecule has 6 rings (SSSR count). The summed E-state index contributed by atoms with van der Waals surface area (Å²) >= 11 is 6.27. The van der Waals surface area contributed by atoms with Gasteiger partial charge in [0.15, 0.2) is 0 Å². The number of nitrogens with one attached hydrogen (secondary N) is 1. The van der Waals surface area contributed by atoms with E-state index in [1.54, 1.807) is 42.5 Å². The number of halogens is 5. The van der Waals surface area contributed by atoms with Crippen molar-refractivity contribution in [1.82, 2.24) is 4.90 Å². The third kappa shape index (κ3) is 8.08. The van der Waals surface area contributed by atoms with Gasteiger partial charge in [0.05, 0.1) is 22.6 Å². The van der Waals surface area contributed by atoms with E-state index in [9.17, 15) is 31.6 Å². The van der Waals surface area contributed by atoms with Gasteiger partial charge in [0.1, 0.15) is 17.1 Å². The molecule has 1 aliphatic rings. The fourth-order valence-electron chi connectivity index (χ4n) is 4.77. The number of rotatable bonds is 7. The summed E-state index contributed by atoms with van der Waals surface area (Å²) in [6, 6.07) is 30.9. The van der Waals surface area contributed by atoms with Gasteiger partial charge in [-0.25, -0.2) is 4.99 Å². The fraction of sp³-hybridized carbons (Fsp3) is 0.0909. The topological polar surface area (TPSA) is 90.8 Å². The first-order valence-corrected chi connectivity index (χ1v) is 14.4. The van der Waals surface area contributed by atoms with E-state index in [1.165, 1.54) is 4.90 Å². The Kier molecular flexibility index (Phi) is 9.67. The number of benzene rings is 4. The van der Waals surface area contributed by atoms with Crippen LogP contribution in [0.3, 0.4) is 0 Å². The van der Waals surface area contributed by atoms with E-state index in [0.717, 1.165) is 22.0 Å². The lowest BCUT2D eigenvalue weighted by atomic mass is 10.1. The summed E-state index contributed by atoms with van der Waals surface area (Å²) in [6.07, 6.45) is 0.373. The minimum atomic E-state index is -6.00. The fourth-order valence-corrected chi connectivity index (χ4v) is 4.95. The van der Waals surface area contributed by atoms with Crippen LogP contribution in [0.2, 0.25) is 5.02 Å². The molecule has 46 heavy (non-hydrogen) atoms. The monoisotopic (exact) mass is 650 g/mol. The van der Waals surface area contributed by atoms with Crippen LogP contribution >= 0.6 is 11.6 Å². The van der Waals surface area contributed by atoms with Crippen molar-refractivity contribution in [1.29, 1.82) is 0 Å². The van der Waals surface area contributed by atoms with Gasteiger partial charge in [-0.3, -0.25) is 19.3 Å². The molecule has 0 radical (unpaired) electrons. The van der Waals surface area contributed by atoms with E-state index in [2.05, 4.69) is 4.99 Å². The van der Waals surface area contributed by atoms with Gasteiger partial charge < -0.3 is 26.4 Å². The van der Waals surface area contributed by atoms with Crippen molar-refractivity contribution in [2.45, 2.75) is 12.8 Å². The molecule has 0 unspecified atom stereocenters. The lowest BCUT2D eigenvalue weighted by Crippen LogP contribution is -2.70. The molecular weight excluding hydrogens is 627 g/mol.